The molecule has 2 unspecified atom stereocenters. The highest BCUT2D eigenvalue weighted by atomic mass is 32.2. The molecule has 4 nitrogen and oxygen atoms in total. The van der Waals surface area contributed by atoms with Crippen LogP contribution in [0.3, 0.4) is 0 Å². The molecule has 2 rings (SSSR count). The van der Waals surface area contributed by atoms with Gasteiger partial charge in [-0.1, -0.05) is 25.7 Å². The first-order chi connectivity index (χ1) is 9.61. The summed E-state index contributed by atoms with van der Waals surface area (Å²) in [5, 5.41) is 0. The summed E-state index contributed by atoms with van der Waals surface area (Å²) in [6.45, 7) is 6.68. The predicted octanol–water partition coefficient (Wildman–Crippen LogP) is 3.69. The summed E-state index contributed by atoms with van der Waals surface area (Å²) in [5.41, 5.74) is -0.144. The van der Waals surface area contributed by atoms with Crippen LogP contribution in [-0.2, 0) is 18.7 Å². The van der Waals surface area contributed by atoms with Gasteiger partial charge in [-0.05, 0) is 45.3 Å². The third kappa shape index (κ3) is 4.78. The van der Waals surface area contributed by atoms with Crippen LogP contribution >= 0.6 is 0 Å². The third-order valence-corrected chi connectivity index (χ3v) is 6.25. The van der Waals surface area contributed by atoms with Crippen LogP contribution < -0.4 is 0 Å². The fourth-order valence-electron chi connectivity index (χ4n) is 4.17. The van der Waals surface area contributed by atoms with Crippen LogP contribution in [0.5, 0.6) is 0 Å². The van der Waals surface area contributed by atoms with Crippen molar-refractivity contribution in [2.75, 3.05) is 6.26 Å². The molecule has 2 aliphatic rings. The van der Waals surface area contributed by atoms with E-state index >= 15 is 0 Å². The van der Waals surface area contributed by atoms with Crippen LogP contribution in [0.15, 0.2) is 0 Å². The molecule has 0 aromatic rings. The molecule has 0 saturated heterocycles. The number of hydrogen-bond donors (Lipinski definition) is 0. The monoisotopic (exact) mass is 334 g/mol. The van der Waals surface area contributed by atoms with E-state index in [9.17, 15) is 8.42 Å². The van der Waals surface area contributed by atoms with Crippen molar-refractivity contribution >= 4 is 18.4 Å². The summed E-state index contributed by atoms with van der Waals surface area (Å²) in [4.78, 5) is 0. The summed E-state index contributed by atoms with van der Waals surface area (Å²) >= 11 is 0. The van der Waals surface area contributed by atoms with Gasteiger partial charge in [-0.15, -0.1) is 0 Å². The van der Waals surface area contributed by atoms with E-state index in [-0.39, 0.29) is 17.6 Å². The van der Waals surface area contributed by atoms with E-state index in [0.29, 0.717) is 0 Å². The second-order valence-electron chi connectivity index (χ2n) is 7.72. The minimum Gasteiger partial charge on any atom is -0.412 e. The van der Waals surface area contributed by atoms with E-state index in [1.165, 1.54) is 12.7 Å². The SMILES string of the molecule is C[Si](C)(C)O[C@@]12CCCCC(OS(C)(=O)=O)C1CCCC2. The van der Waals surface area contributed by atoms with Gasteiger partial charge in [-0.2, -0.15) is 8.42 Å². The van der Waals surface area contributed by atoms with Crippen molar-refractivity contribution in [2.45, 2.75) is 82.7 Å². The average molecular weight is 335 g/mol. The summed E-state index contributed by atoms with van der Waals surface area (Å²) in [7, 11) is -5.08. The molecule has 0 N–H and O–H groups in total. The van der Waals surface area contributed by atoms with Gasteiger partial charge in [-0.25, -0.2) is 0 Å². The number of fused-ring (bicyclic) bond motifs is 1. The van der Waals surface area contributed by atoms with Gasteiger partial charge in [-0.3, -0.25) is 4.18 Å². The Bertz CT molecular complexity index is 457. The molecule has 124 valence electrons. The summed E-state index contributed by atoms with van der Waals surface area (Å²) in [5.74, 6) is 0.232. The zero-order valence-corrected chi connectivity index (χ0v) is 15.7. The molecule has 0 aliphatic heterocycles. The molecule has 0 aromatic carbocycles. The minimum absolute atomic E-state index is 0.144. The lowest BCUT2D eigenvalue weighted by atomic mass is 9.71. The molecule has 0 spiro atoms. The molecule has 21 heavy (non-hydrogen) atoms. The fourth-order valence-corrected chi connectivity index (χ4v) is 6.42. The van der Waals surface area contributed by atoms with E-state index in [4.69, 9.17) is 8.61 Å². The molecule has 2 fully saturated rings. The van der Waals surface area contributed by atoms with Crippen molar-refractivity contribution in [3.8, 4) is 0 Å². The van der Waals surface area contributed by atoms with Gasteiger partial charge >= 0.3 is 0 Å². The Morgan fingerprint density at radius 3 is 2.10 bits per heavy atom. The molecular formula is C15H30O4SSi. The maximum Gasteiger partial charge on any atom is 0.264 e. The lowest BCUT2D eigenvalue weighted by Crippen LogP contribution is -2.53. The topological polar surface area (TPSA) is 52.6 Å². The molecule has 0 heterocycles. The molecule has 0 bridgehead atoms. The lowest BCUT2D eigenvalue weighted by molar-refractivity contribution is -0.0724. The molecular weight excluding hydrogens is 304 g/mol. The second kappa shape index (κ2) is 6.30. The van der Waals surface area contributed by atoms with Gasteiger partial charge in [0.2, 0.25) is 0 Å². The van der Waals surface area contributed by atoms with Crippen LogP contribution in [0.2, 0.25) is 19.6 Å². The molecule has 0 radical (unpaired) electrons. The molecule has 6 heteroatoms. The molecule has 2 saturated carbocycles. The van der Waals surface area contributed by atoms with Crippen LogP contribution in [0, 0.1) is 5.92 Å². The first kappa shape index (κ1) is 17.4. The van der Waals surface area contributed by atoms with Crippen LogP contribution in [-0.4, -0.2) is 34.7 Å². The van der Waals surface area contributed by atoms with E-state index in [2.05, 4.69) is 19.6 Å². The Balaban J connectivity index is 2.29. The highest BCUT2D eigenvalue weighted by molar-refractivity contribution is 7.86. The summed E-state index contributed by atoms with van der Waals surface area (Å²) in [6.07, 6.45) is 9.47. The highest BCUT2D eigenvalue weighted by Crippen LogP contribution is 2.47. The average Bonchev–Trinajstić information content (AvgIpc) is 2.45. The van der Waals surface area contributed by atoms with Crippen LogP contribution in [0.1, 0.15) is 51.4 Å². The van der Waals surface area contributed by atoms with Gasteiger partial charge in [0.1, 0.15) is 0 Å². The van der Waals surface area contributed by atoms with Crippen molar-refractivity contribution < 1.29 is 17.0 Å². The highest BCUT2D eigenvalue weighted by Gasteiger charge is 2.49. The molecule has 0 amide bonds. The van der Waals surface area contributed by atoms with Crippen molar-refractivity contribution in [3.05, 3.63) is 0 Å². The predicted molar refractivity (Wildman–Crippen MR) is 87.3 cm³/mol. The summed E-state index contributed by atoms with van der Waals surface area (Å²) in [6, 6.07) is 0. The van der Waals surface area contributed by atoms with E-state index < -0.39 is 18.4 Å². The van der Waals surface area contributed by atoms with Crippen molar-refractivity contribution in [1.82, 2.24) is 0 Å². The van der Waals surface area contributed by atoms with Gasteiger partial charge in [0, 0.05) is 5.92 Å². The third-order valence-electron chi connectivity index (χ3n) is 4.64. The van der Waals surface area contributed by atoms with Crippen molar-refractivity contribution in [1.29, 1.82) is 0 Å². The normalized spacial score (nSPS) is 35.0. The minimum atomic E-state index is -3.41. The Morgan fingerprint density at radius 2 is 1.57 bits per heavy atom. The molecule has 0 aromatic heterocycles. The summed E-state index contributed by atoms with van der Waals surface area (Å²) < 4.78 is 35.4. The fraction of sp³-hybridized carbons (Fsp3) is 1.00. The first-order valence-electron chi connectivity index (χ1n) is 8.20. The number of hydrogen-bond acceptors (Lipinski definition) is 4. The Kier molecular flexibility index (Phi) is 5.23. The maximum absolute atomic E-state index is 11.6. The van der Waals surface area contributed by atoms with Gasteiger partial charge < -0.3 is 4.43 Å². The zero-order valence-electron chi connectivity index (χ0n) is 13.9. The van der Waals surface area contributed by atoms with Gasteiger partial charge in [0.25, 0.3) is 10.1 Å². The van der Waals surface area contributed by atoms with Gasteiger partial charge in [0.05, 0.1) is 18.0 Å². The smallest absolute Gasteiger partial charge is 0.264 e. The van der Waals surface area contributed by atoms with Crippen LogP contribution in [0.25, 0.3) is 0 Å². The lowest BCUT2D eigenvalue weighted by Gasteiger charge is -2.49. The van der Waals surface area contributed by atoms with E-state index in [1.807, 2.05) is 0 Å². The zero-order chi connectivity index (χ0) is 15.7. The number of rotatable bonds is 4. The first-order valence-corrected chi connectivity index (χ1v) is 13.4. The Hall–Kier alpha value is 0.0869. The van der Waals surface area contributed by atoms with Gasteiger partial charge in [0.15, 0.2) is 8.32 Å². The molecule has 2 aliphatic carbocycles. The van der Waals surface area contributed by atoms with E-state index in [0.717, 1.165) is 44.9 Å². The second-order valence-corrected chi connectivity index (χ2v) is 13.7. The Labute approximate surface area is 130 Å². The quantitative estimate of drug-likeness (QED) is 0.581. The van der Waals surface area contributed by atoms with Crippen LogP contribution in [0.4, 0.5) is 0 Å². The largest absolute Gasteiger partial charge is 0.412 e. The van der Waals surface area contributed by atoms with Crippen molar-refractivity contribution in [2.24, 2.45) is 5.92 Å². The van der Waals surface area contributed by atoms with E-state index in [1.54, 1.807) is 0 Å². The standard InChI is InChI=1S/C15H30O4SSi/c1-20(16,17)18-14-10-6-8-12-15(19-21(2,3)4)11-7-5-9-13(14)15/h13-14H,5-12H2,1-4H3/t13?,14?,15-/m0/s1. The van der Waals surface area contributed by atoms with Crippen molar-refractivity contribution in [3.63, 3.8) is 0 Å². The molecule has 3 atom stereocenters. The maximum atomic E-state index is 11.6. The Morgan fingerprint density at radius 1 is 1.00 bits per heavy atom.